The fourth-order valence-electron chi connectivity index (χ4n) is 5.74. The molecule has 1 unspecified atom stereocenters. The van der Waals surface area contributed by atoms with Gasteiger partial charge in [-0.15, -0.1) is 0 Å². The van der Waals surface area contributed by atoms with Gasteiger partial charge in [0.25, 0.3) is 0 Å². The van der Waals surface area contributed by atoms with Gasteiger partial charge in [0, 0.05) is 11.5 Å². The number of rotatable bonds is 5. The molecule has 1 saturated heterocycles. The van der Waals surface area contributed by atoms with Crippen molar-refractivity contribution < 1.29 is 13.9 Å². The third kappa shape index (κ3) is 4.41. The number of Topliss-reactive ketones (excluding diaryl/α,β-unsaturated/α-hetero) is 1. The van der Waals surface area contributed by atoms with Gasteiger partial charge < -0.3 is 10.1 Å². The summed E-state index contributed by atoms with van der Waals surface area (Å²) in [7, 11) is 1.64. The Morgan fingerprint density at radius 1 is 1.03 bits per heavy atom. The predicted octanol–water partition coefficient (Wildman–Crippen LogP) is 5.56. The molecule has 1 spiro atoms. The van der Waals surface area contributed by atoms with Crippen LogP contribution in [0.3, 0.4) is 0 Å². The van der Waals surface area contributed by atoms with Crippen molar-refractivity contribution in [1.82, 2.24) is 5.32 Å². The van der Waals surface area contributed by atoms with Gasteiger partial charge in [-0.2, -0.15) is 0 Å². The summed E-state index contributed by atoms with van der Waals surface area (Å²) in [6, 6.07) is 13.4. The highest BCUT2D eigenvalue weighted by Crippen LogP contribution is 2.47. The molecule has 0 radical (unpaired) electrons. The van der Waals surface area contributed by atoms with E-state index < -0.39 is 0 Å². The Labute approximate surface area is 184 Å². The predicted molar refractivity (Wildman–Crippen MR) is 121 cm³/mol. The molecule has 1 aliphatic heterocycles. The van der Waals surface area contributed by atoms with Gasteiger partial charge in [-0.25, -0.2) is 4.39 Å². The molecule has 4 heteroatoms. The molecule has 3 nitrogen and oxygen atoms in total. The third-order valence-corrected chi connectivity index (χ3v) is 7.90. The molecule has 1 atom stereocenters. The van der Waals surface area contributed by atoms with E-state index in [0.29, 0.717) is 30.1 Å². The number of hydrogen-bond donors (Lipinski definition) is 1. The van der Waals surface area contributed by atoms with Crippen LogP contribution in [0.15, 0.2) is 42.5 Å². The largest absolute Gasteiger partial charge is 0.497 e. The van der Waals surface area contributed by atoms with Crippen LogP contribution in [0.1, 0.15) is 50.5 Å². The lowest BCUT2D eigenvalue weighted by atomic mass is 9.68. The van der Waals surface area contributed by atoms with E-state index in [1.54, 1.807) is 13.2 Å². The molecule has 0 aromatic heterocycles. The lowest BCUT2D eigenvalue weighted by Crippen LogP contribution is -2.56. The van der Waals surface area contributed by atoms with Gasteiger partial charge in [0.15, 0.2) is 0 Å². The van der Waals surface area contributed by atoms with Gasteiger partial charge >= 0.3 is 0 Å². The van der Waals surface area contributed by atoms with Crippen LogP contribution in [0, 0.1) is 23.6 Å². The first-order valence-corrected chi connectivity index (χ1v) is 11.8. The highest BCUT2D eigenvalue weighted by atomic mass is 19.1. The molecule has 2 saturated carbocycles. The van der Waals surface area contributed by atoms with Gasteiger partial charge in [-0.1, -0.05) is 24.3 Å². The van der Waals surface area contributed by atoms with E-state index in [2.05, 4.69) is 5.32 Å². The number of carbonyl (C=O) groups is 1. The third-order valence-electron chi connectivity index (χ3n) is 7.90. The Hall–Kier alpha value is -2.20. The average Bonchev–Trinajstić information content (AvgIpc) is 3.64. The van der Waals surface area contributed by atoms with Crippen molar-refractivity contribution in [2.75, 3.05) is 13.7 Å². The Balaban J connectivity index is 1.20. The first kappa shape index (κ1) is 20.7. The number of benzene rings is 2. The van der Waals surface area contributed by atoms with Gasteiger partial charge in [-0.3, -0.25) is 4.79 Å². The van der Waals surface area contributed by atoms with E-state index >= 15 is 0 Å². The maximum Gasteiger partial charge on any atom is 0.150 e. The summed E-state index contributed by atoms with van der Waals surface area (Å²) in [5, 5.41) is 3.59. The van der Waals surface area contributed by atoms with E-state index in [0.717, 1.165) is 61.0 Å². The van der Waals surface area contributed by atoms with E-state index in [9.17, 15) is 9.18 Å². The molecule has 2 aliphatic carbocycles. The first-order valence-electron chi connectivity index (χ1n) is 11.8. The van der Waals surface area contributed by atoms with Gasteiger partial charge in [0.05, 0.1) is 13.7 Å². The molecular formula is C27H32FNO2. The summed E-state index contributed by atoms with van der Waals surface area (Å²) >= 11 is 0. The Morgan fingerprint density at radius 2 is 1.74 bits per heavy atom. The maximum atomic E-state index is 14.9. The van der Waals surface area contributed by atoms with Crippen molar-refractivity contribution in [2.45, 2.75) is 56.9 Å². The van der Waals surface area contributed by atoms with E-state index in [1.807, 2.05) is 36.4 Å². The van der Waals surface area contributed by atoms with Crippen molar-refractivity contribution in [3.63, 3.8) is 0 Å². The molecule has 2 aromatic carbocycles. The molecule has 2 aromatic rings. The van der Waals surface area contributed by atoms with Crippen LogP contribution < -0.4 is 10.1 Å². The maximum absolute atomic E-state index is 14.9. The van der Waals surface area contributed by atoms with Gasteiger partial charge in [0.2, 0.25) is 0 Å². The zero-order valence-electron chi connectivity index (χ0n) is 18.3. The quantitative estimate of drug-likeness (QED) is 0.687. The lowest BCUT2D eigenvalue weighted by Gasteiger charge is -2.46. The topological polar surface area (TPSA) is 38.3 Å². The molecule has 5 rings (SSSR count). The second-order valence-corrected chi connectivity index (χ2v) is 9.93. The molecule has 164 valence electrons. The normalized spacial score (nSPS) is 28.6. The number of carbonyl (C=O) groups excluding carboxylic acids is 1. The number of nitrogens with one attached hydrogen (secondary N) is 1. The van der Waals surface area contributed by atoms with E-state index in [-0.39, 0.29) is 11.4 Å². The average molecular weight is 422 g/mol. The molecule has 3 fully saturated rings. The Morgan fingerprint density at radius 3 is 2.39 bits per heavy atom. The zero-order chi connectivity index (χ0) is 21.4. The van der Waals surface area contributed by atoms with Crippen LogP contribution >= 0.6 is 0 Å². The molecular weight excluding hydrogens is 389 g/mol. The van der Waals surface area contributed by atoms with Crippen LogP contribution in [-0.4, -0.2) is 25.0 Å². The zero-order valence-corrected chi connectivity index (χ0v) is 18.3. The van der Waals surface area contributed by atoms with E-state index in [1.165, 1.54) is 12.8 Å². The number of piperidine rings is 1. The summed E-state index contributed by atoms with van der Waals surface area (Å²) in [6.07, 6.45) is 8.74. The fourth-order valence-corrected chi connectivity index (χ4v) is 5.74. The molecule has 31 heavy (non-hydrogen) atoms. The standard InChI is InChI=1S/C27H32FNO2/c1-31-23-8-6-19(7-9-23)21-4-5-22(25(28)15-21)14-18-10-12-27(13-11-18)16-24(20-2-3-20)26(30)17-29-27/h4-9,15,18,20,24,29H,2-3,10-14,16-17H2,1H3. The molecule has 0 amide bonds. The highest BCUT2D eigenvalue weighted by Gasteiger charge is 2.47. The summed E-state index contributed by atoms with van der Waals surface area (Å²) in [5.41, 5.74) is 2.86. The molecule has 1 heterocycles. The minimum absolute atomic E-state index is 0.108. The monoisotopic (exact) mass is 421 g/mol. The second-order valence-electron chi connectivity index (χ2n) is 9.93. The molecule has 0 bridgehead atoms. The Bertz CT molecular complexity index is 942. The number of hydrogen-bond acceptors (Lipinski definition) is 3. The van der Waals surface area contributed by atoms with Crippen LogP contribution in [0.25, 0.3) is 11.1 Å². The minimum atomic E-state index is -0.108. The Kier molecular flexibility index (Phi) is 5.60. The highest BCUT2D eigenvalue weighted by molar-refractivity contribution is 5.84. The van der Waals surface area contributed by atoms with Crippen LogP contribution in [0.2, 0.25) is 0 Å². The van der Waals surface area contributed by atoms with Crippen LogP contribution in [-0.2, 0) is 11.2 Å². The van der Waals surface area contributed by atoms with Crippen molar-refractivity contribution in [3.05, 3.63) is 53.8 Å². The van der Waals surface area contributed by atoms with Crippen molar-refractivity contribution in [1.29, 1.82) is 0 Å². The fraction of sp³-hybridized carbons (Fsp3) is 0.519. The van der Waals surface area contributed by atoms with Crippen molar-refractivity contribution >= 4 is 5.78 Å². The SMILES string of the molecule is COc1ccc(-c2ccc(CC3CCC4(CC3)CC(C3CC3)C(=O)CN4)c(F)c2)cc1. The molecule has 3 aliphatic rings. The summed E-state index contributed by atoms with van der Waals surface area (Å²) in [5.74, 6) is 2.59. The summed E-state index contributed by atoms with van der Waals surface area (Å²) in [4.78, 5) is 12.3. The molecule has 1 N–H and O–H groups in total. The number of halogens is 1. The minimum Gasteiger partial charge on any atom is -0.497 e. The smallest absolute Gasteiger partial charge is 0.150 e. The summed E-state index contributed by atoms with van der Waals surface area (Å²) in [6.45, 7) is 0.549. The van der Waals surface area contributed by atoms with Crippen LogP contribution in [0.5, 0.6) is 5.75 Å². The van der Waals surface area contributed by atoms with Crippen LogP contribution in [0.4, 0.5) is 4.39 Å². The number of ether oxygens (including phenoxy) is 1. The van der Waals surface area contributed by atoms with Gasteiger partial charge in [0.1, 0.15) is 17.3 Å². The first-order chi connectivity index (χ1) is 15.0. The van der Waals surface area contributed by atoms with Gasteiger partial charge in [-0.05, 0) is 98.1 Å². The lowest BCUT2D eigenvalue weighted by molar-refractivity contribution is -0.126. The second kappa shape index (κ2) is 8.38. The van der Waals surface area contributed by atoms with E-state index in [4.69, 9.17) is 4.74 Å². The summed E-state index contributed by atoms with van der Waals surface area (Å²) < 4.78 is 20.1. The number of methoxy groups -OCH3 is 1. The van der Waals surface area contributed by atoms with Crippen molar-refractivity contribution in [3.8, 4) is 16.9 Å². The van der Waals surface area contributed by atoms with Crippen molar-refractivity contribution in [2.24, 2.45) is 17.8 Å². The number of ketones is 1.